The Balaban J connectivity index is 2.35. The lowest BCUT2D eigenvalue weighted by atomic mass is 10.1. The number of Topliss-reactive ketones (excluding diaryl/α,β-unsaturated/α-hetero) is 1. The molecule has 0 unspecified atom stereocenters. The lowest BCUT2D eigenvalue weighted by Crippen LogP contribution is -2.15. The van der Waals surface area contributed by atoms with Crippen LogP contribution in [0.2, 0.25) is 5.02 Å². The van der Waals surface area contributed by atoms with Crippen molar-refractivity contribution in [3.63, 3.8) is 0 Å². The average Bonchev–Trinajstić information content (AvgIpc) is 2.24. The Labute approximate surface area is 106 Å². The fourth-order valence-electron chi connectivity index (χ4n) is 1.16. The molecular weight excluding hydrogens is 242 g/mol. The van der Waals surface area contributed by atoms with Crippen LogP contribution < -0.4 is 0 Å². The van der Waals surface area contributed by atoms with E-state index < -0.39 is 0 Å². The van der Waals surface area contributed by atoms with Gasteiger partial charge in [0.1, 0.15) is 0 Å². The highest BCUT2D eigenvalue weighted by Gasteiger charge is 2.05. The molecule has 0 aromatic heterocycles. The minimum Gasteiger partial charge on any atom is -0.309 e. The van der Waals surface area contributed by atoms with Gasteiger partial charge in [0.15, 0.2) is 5.78 Å². The summed E-state index contributed by atoms with van der Waals surface area (Å²) in [4.78, 5) is 13.9. The largest absolute Gasteiger partial charge is 0.309 e. The van der Waals surface area contributed by atoms with Crippen molar-refractivity contribution < 1.29 is 4.79 Å². The molecule has 0 N–H and O–H groups in total. The van der Waals surface area contributed by atoms with E-state index in [9.17, 15) is 4.79 Å². The van der Waals surface area contributed by atoms with Crippen molar-refractivity contribution >= 4 is 29.1 Å². The highest BCUT2D eigenvalue weighted by atomic mass is 35.5. The molecule has 2 nitrogen and oxygen atoms in total. The maximum Gasteiger partial charge on any atom is 0.172 e. The number of hydrogen-bond donors (Lipinski definition) is 0. The standard InChI is InChI=1S/C12H16ClNOS/c1-14(2)6-7-16-9-12(15)10-4-3-5-11(13)8-10/h3-5,8H,6-7,9H2,1-2H3. The molecule has 0 spiro atoms. The average molecular weight is 258 g/mol. The molecule has 0 aliphatic rings. The normalized spacial score (nSPS) is 10.8. The van der Waals surface area contributed by atoms with Crippen LogP contribution in [-0.2, 0) is 0 Å². The Morgan fingerprint density at radius 1 is 1.44 bits per heavy atom. The second kappa shape index (κ2) is 6.94. The molecule has 0 aliphatic carbocycles. The van der Waals surface area contributed by atoms with E-state index in [1.54, 1.807) is 36.0 Å². The van der Waals surface area contributed by atoms with Crippen LogP contribution in [0.15, 0.2) is 24.3 Å². The van der Waals surface area contributed by atoms with E-state index in [-0.39, 0.29) is 5.78 Å². The summed E-state index contributed by atoms with van der Waals surface area (Å²) < 4.78 is 0. The Morgan fingerprint density at radius 3 is 2.81 bits per heavy atom. The molecule has 0 saturated carbocycles. The predicted octanol–water partition coefficient (Wildman–Crippen LogP) is 2.82. The van der Waals surface area contributed by atoms with Gasteiger partial charge in [-0.1, -0.05) is 23.7 Å². The van der Waals surface area contributed by atoms with Crippen molar-refractivity contribution in [2.45, 2.75) is 0 Å². The van der Waals surface area contributed by atoms with Crippen molar-refractivity contribution in [2.75, 3.05) is 32.1 Å². The molecule has 4 heteroatoms. The first kappa shape index (κ1) is 13.6. The van der Waals surface area contributed by atoms with E-state index in [4.69, 9.17) is 11.6 Å². The first-order chi connectivity index (χ1) is 7.59. The van der Waals surface area contributed by atoms with E-state index in [0.29, 0.717) is 16.3 Å². The van der Waals surface area contributed by atoms with Crippen molar-refractivity contribution in [2.24, 2.45) is 0 Å². The van der Waals surface area contributed by atoms with Crippen molar-refractivity contribution in [1.29, 1.82) is 0 Å². The number of carbonyl (C=O) groups excluding carboxylic acids is 1. The Morgan fingerprint density at radius 2 is 2.19 bits per heavy atom. The van der Waals surface area contributed by atoms with Crippen LogP contribution in [-0.4, -0.2) is 42.8 Å². The van der Waals surface area contributed by atoms with Crippen LogP contribution in [0.4, 0.5) is 0 Å². The summed E-state index contributed by atoms with van der Waals surface area (Å²) in [7, 11) is 4.05. The number of nitrogens with zero attached hydrogens (tertiary/aromatic N) is 1. The van der Waals surface area contributed by atoms with E-state index in [2.05, 4.69) is 4.90 Å². The fraction of sp³-hybridized carbons (Fsp3) is 0.417. The number of thioether (sulfide) groups is 1. The summed E-state index contributed by atoms with van der Waals surface area (Å²) in [5.74, 6) is 1.64. The van der Waals surface area contributed by atoms with Gasteiger partial charge in [0.2, 0.25) is 0 Å². The van der Waals surface area contributed by atoms with Crippen LogP contribution in [0.1, 0.15) is 10.4 Å². The van der Waals surface area contributed by atoms with E-state index >= 15 is 0 Å². The quantitative estimate of drug-likeness (QED) is 0.577. The fourth-order valence-corrected chi connectivity index (χ4v) is 2.34. The third-order valence-corrected chi connectivity index (χ3v) is 3.24. The van der Waals surface area contributed by atoms with Gasteiger partial charge in [-0.05, 0) is 26.2 Å². The number of rotatable bonds is 6. The Kier molecular flexibility index (Phi) is 5.88. The lowest BCUT2D eigenvalue weighted by Gasteiger charge is -2.08. The number of ketones is 1. The minimum atomic E-state index is 0.145. The van der Waals surface area contributed by atoms with Crippen LogP contribution in [0, 0.1) is 0 Å². The molecule has 0 radical (unpaired) electrons. The summed E-state index contributed by atoms with van der Waals surface area (Å²) in [6.45, 7) is 0.994. The molecule has 0 saturated heterocycles. The van der Waals surface area contributed by atoms with Gasteiger partial charge in [-0.15, -0.1) is 0 Å². The van der Waals surface area contributed by atoms with Gasteiger partial charge < -0.3 is 4.90 Å². The van der Waals surface area contributed by atoms with E-state index in [0.717, 1.165) is 12.3 Å². The van der Waals surface area contributed by atoms with E-state index in [1.165, 1.54) is 0 Å². The zero-order chi connectivity index (χ0) is 12.0. The molecule has 16 heavy (non-hydrogen) atoms. The third kappa shape index (κ3) is 5.01. The topological polar surface area (TPSA) is 20.3 Å². The number of carbonyl (C=O) groups is 1. The van der Waals surface area contributed by atoms with Gasteiger partial charge in [-0.2, -0.15) is 11.8 Å². The third-order valence-electron chi connectivity index (χ3n) is 2.06. The monoisotopic (exact) mass is 257 g/mol. The molecule has 88 valence electrons. The zero-order valence-electron chi connectivity index (χ0n) is 9.57. The number of hydrogen-bond acceptors (Lipinski definition) is 3. The maximum absolute atomic E-state index is 11.7. The van der Waals surface area contributed by atoms with Gasteiger partial charge >= 0.3 is 0 Å². The van der Waals surface area contributed by atoms with Crippen LogP contribution >= 0.6 is 23.4 Å². The summed E-state index contributed by atoms with van der Waals surface area (Å²) in [6.07, 6.45) is 0. The molecule has 0 bridgehead atoms. The minimum absolute atomic E-state index is 0.145. The first-order valence-corrected chi connectivity index (χ1v) is 6.64. The van der Waals surface area contributed by atoms with Gasteiger partial charge in [-0.3, -0.25) is 4.79 Å². The van der Waals surface area contributed by atoms with Crippen LogP contribution in [0.5, 0.6) is 0 Å². The van der Waals surface area contributed by atoms with Crippen LogP contribution in [0.25, 0.3) is 0 Å². The number of benzene rings is 1. The Hall–Kier alpha value is -0.510. The smallest absolute Gasteiger partial charge is 0.172 e. The first-order valence-electron chi connectivity index (χ1n) is 5.11. The molecule has 0 amide bonds. The molecule has 0 atom stereocenters. The molecule has 0 aliphatic heterocycles. The Bertz CT molecular complexity index is 355. The van der Waals surface area contributed by atoms with E-state index in [1.807, 2.05) is 14.1 Å². The second-order valence-corrected chi connectivity index (χ2v) is 5.33. The van der Waals surface area contributed by atoms with Gasteiger partial charge in [-0.25, -0.2) is 0 Å². The van der Waals surface area contributed by atoms with Gasteiger partial charge in [0.05, 0.1) is 5.75 Å². The van der Waals surface area contributed by atoms with Crippen molar-refractivity contribution in [3.05, 3.63) is 34.9 Å². The lowest BCUT2D eigenvalue weighted by molar-refractivity contribution is 0.102. The molecule has 1 aromatic carbocycles. The summed E-state index contributed by atoms with van der Waals surface area (Å²) in [5, 5.41) is 0.615. The molecular formula is C12H16ClNOS. The summed E-state index contributed by atoms with van der Waals surface area (Å²) in [5.41, 5.74) is 0.699. The van der Waals surface area contributed by atoms with Crippen molar-refractivity contribution in [1.82, 2.24) is 4.90 Å². The second-order valence-electron chi connectivity index (χ2n) is 3.79. The molecule has 1 aromatic rings. The SMILES string of the molecule is CN(C)CCSCC(=O)c1cccc(Cl)c1. The summed E-state index contributed by atoms with van der Waals surface area (Å²) >= 11 is 7.48. The van der Waals surface area contributed by atoms with Gasteiger partial charge in [0.25, 0.3) is 0 Å². The van der Waals surface area contributed by atoms with Crippen molar-refractivity contribution in [3.8, 4) is 0 Å². The van der Waals surface area contributed by atoms with Gasteiger partial charge in [0, 0.05) is 22.9 Å². The molecule has 0 heterocycles. The molecule has 1 rings (SSSR count). The number of halogens is 1. The zero-order valence-corrected chi connectivity index (χ0v) is 11.1. The maximum atomic E-state index is 11.7. The highest BCUT2D eigenvalue weighted by Crippen LogP contribution is 2.13. The summed E-state index contributed by atoms with van der Waals surface area (Å²) in [6, 6.07) is 7.11. The predicted molar refractivity (Wildman–Crippen MR) is 71.7 cm³/mol. The van der Waals surface area contributed by atoms with Crippen LogP contribution in [0.3, 0.4) is 0 Å². The highest BCUT2D eigenvalue weighted by molar-refractivity contribution is 8.00. The molecule has 0 fully saturated rings.